The highest BCUT2D eigenvalue weighted by atomic mass is 16.7. The molecule has 1 spiro atoms. The van der Waals surface area contributed by atoms with Crippen molar-refractivity contribution in [3.05, 3.63) is 36.0 Å². The zero-order valence-electron chi connectivity index (χ0n) is 21.0. The lowest BCUT2D eigenvalue weighted by atomic mass is 9.47. The zero-order chi connectivity index (χ0) is 26.6. The van der Waals surface area contributed by atoms with Gasteiger partial charge in [0.25, 0.3) is 0 Å². The van der Waals surface area contributed by atoms with Crippen LogP contribution in [0.5, 0.6) is 0 Å². The van der Waals surface area contributed by atoms with E-state index in [1.165, 1.54) is 13.0 Å². The zero-order valence-corrected chi connectivity index (χ0v) is 21.0. The molecule has 196 valence electrons. The number of ketones is 2. The molecule has 4 aliphatic heterocycles. The SMILES string of the molecule is C=C1C(=O)O[C@@H]2C[C@@]1(C)C1C(=O)C3(O)O[C@@]14C(O)(CCC1C3CC=C3CC=CC(=O)[C@@]31C)C(=O)O[C@@]24C. The normalized spacial score (nSPS) is 55.4. The lowest BCUT2D eigenvalue weighted by molar-refractivity contribution is -0.339. The first-order chi connectivity index (χ1) is 17.2. The van der Waals surface area contributed by atoms with E-state index in [1.54, 1.807) is 19.9 Å². The first-order valence-corrected chi connectivity index (χ1v) is 13.0. The molecular weight excluding hydrogens is 480 g/mol. The molecule has 9 heteroatoms. The molecule has 0 aromatic rings. The summed E-state index contributed by atoms with van der Waals surface area (Å²) in [5.74, 6) is -7.72. The predicted octanol–water partition coefficient (Wildman–Crippen LogP) is 1.46. The van der Waals surface area contributed by atoms with Gasteiger partial charge in [-0.05, 0) is 57.9 Å². The summed E-state index contributed by atoms with van der Waals surface area (Å²) in [5.41, 5.74) is -7.44. The number of esters is 2. The summed E-state index contributed by atoms with van der Waals surface area (Å²) in [7, 11) is 0. The van der Waals surface area contributed by atoms with E-state index < -0.39 is 75.0 Å². The molecule has 2 N–H and O–H groups in total. The van der Waals surface area contributed by atoms with Crippen molar-refractivity contribution in [3.63, 3.8) is 0 Å². The fourth-order valence-corrected chi connectivity index (χ4v) is 9.22. The van der Waals surface area contributed by atoms with Gasteiger partial charge in [-0.2, -0.15) is 0 Å². The van der Waals surface area contributed by atoms with Crippen LogP contribution in [-0.2, 0) is 33.4 Å². The number of aliphatic hydroxyl groups is 2. The Morgan fingerprint density at radius 1 is 1.08 bits per heavy atom. The highest BCUT2D eigenvalue weighted by Gasteiger charge is 2.91. The predicted molar refractivity (Wildman–Crippen MR) is 124 cm³/mol. The molecule has 0 radical (unpaired) electrons. The minimum Gasteiger partial charge on any atom is -0.455 e. The van der Waals surface area contributed by atoms with E-state index in [2.05, 4.69) is 6.58 Å². The van der Waals surface area contributed by atoms with Crippen LogP contribution in [0.25, 0.3) is 0 Å². The Kier molecular flexibility index (Phi) is 4.02. The van der Waals surface area contributed by atoms with Gasteiger partial charge in [-0.25, -0.2) is 9.59 Å². The van der Waals surface area contributed by atoms with Gasteiger partial charge < -0.3 is 24.4 Å². The molecule has 7 rings (SSSR count). The van der Waals surface area contributed by atoms with E-state index in [1.807, 2.05) is 6.08 Å². The third-order valence-corrected chi connectivity index (χ3v) is 11.3. The quantitative estimate of drug-likeness (QED) is 0.282. The topological polar surface area (TPSA) is 136 Å². The van der Waals surface area contributed by atoms with E-state index in [4.69, 9.17) is 14.2 Å². The maximum Gasteiger partial charge on any atom is 0.342 e. The first kappa shape index (κ1) is 23.5. The molecule has 0 amide bonds. The van der Waals surface area contributed by atoms with Gasteiger partial charge in [0.1, 0.15) is 6.10 Å². The molecule has 3 aliphatic carbocycles. The Balaban J connectivity index is 1.50. The summed E-state index contributed by atoms with van der Waals surface area (Å²) < 4.78 is 18.0. The van der Waals surface area contributed by atoms with Gasteiger partial charge in [0.15, 0.2) is 28.4 Å². The van der Waals surface area contributed by atoms with Crippen LogP contribution < -0.4 is 0 Å². The lowest BCUT2D eigenvalue weighted by Crippen LogP contribution is -2.77. The minimum absolute atomic E-state index is 0.0271. The molecule has 0 aromatic heterocycles. The molecule has 10 atom stereocenters. The standard InChI is InChI=1S/C28H30O9/c1-13-21(31)35-18-12-23(13,2)19-20(30)27(34)16-9-8-14-6-5-7-17(29)24(14,3)15(16)10-11-26(33)22(32)36-25(18,4)28(19,26)37-27/h5,7-8,15-16,18-19,33-34H,1,6,9-12H2,2-4H3/t15?,16?,18-,19?,23-,24+,25+,26?,27?,28+/m1/s1. The number of ether oxygens (including phenoxy) is 3. The number of carbonyl (C=O) groups is 4. The molecule has 9 nitrogen and oxygen atoms in total. The summed E-state index contributed by atoms with van der Waals surface area (Å²) in [6.07, 6.45) is 5.20. The molecule has 4 heterocycles. The fraction of sp³-hybridized carbons (Fsp3) is 0.643. The molecule has 0 aromatic carbocycles. The summed E-state index contributed by atoms with van der Waals surface area (Å²) >= 11 is 0. The molecule has 5 fully saturated rings. The second-order valence-electron chi connectivity index (χ2n) is 12.6. The lowest BCUT2D eigenvalue weighted by Gasteiger charge is -2.60. The van der Waals surface area contributed by atoms with E-state index >= 15 is 0 Å². The van der Waals surface area contributed by atoms with Gasteiger partial charge in [0, 0.05) is 16.9 Å². The number of carbonyl (C=O) groups excluding carboxylic acids is 4. The Morgan fingerprint density at radius 2 is 1.81 bits per heavy atom. The van der Waals surface area contributed by atoms with Crippen molar-refractivity contribution in [1.29, 1.82) is 0 Å². The van der Waals surface area contributed by atoms with Crippen molar-refractivity contribution in [2.24, 2.45) is 28.6 Å². The molecule has 7 aliphatic rings. The summed E-state index contributed by atoms with van der Waals surface area (Å²) in [6.45, 7) is 8.91. The van der Waals surface area contributed by atoms with Crippen LogP contribution in [-0.4, -0.2) is 62.4 Å². The molecule has 4 bridgehead atoms. The number of hydrogen-bond donors (Lipinski definition) is 2. The largest absolute Gasteiger partial charge is 0.455 e. The van der Waals surface area contributed by atoms with Gasteiger partial charge in [-0.15, -0.1) is 0 Å². The van der Waals surface area contributed by atoms with Crippen LogP contribution in [0.15, 0.2) is 36.0 Å². The van der Waals surface area contributed by atoms with Crippen LogP contribution >= 0.6 is 0 Å². The van der Waals surface area contributed by atoms with Gasteiger partial charge in [0.05, 0.1) is 11.3 Å². The van der Waals surface area contributed by atoms with Crippen molar-refractivity contribution >= 4 is 23.5 Å². The summed E-state index contributed by atoms with van der Waals surface area (Å²) in [6, 6.07) is 0. The average Bonchev–Trinajstić information content (AvgIpc) is 3.19. The van der Waals surface area contributed by atoms with Crippen LogP contribution in [0, 0.1) is 28.6 Å². The fourth-order valence-electron chi connectivity index (χ4n) is 9.22. The van der Waals surface area contributed by atoms with E-state index in [-0.39, 0.29) is 37.0 Å². The van der Waals surface area contributed by atoms with Gasteiger partial charge in [-0.3, -0.25) is 9.59 Å². The Bertz CT molecular complexity index is 1310. The van der Waals surface area contributed by atoms with Crippen LogP contribution in [0.2, 0.25) is 0 Å². The number of rotatable bonds is 0. The second-order valence-corrected chi connectivity index (χ2v) is 12.6. The van der Waals surface area contributed by atoms with Crippen LogP contribution in [0.4, 0.5) is 0 Å². The smallest absolute Gasteiger partial charge is 0.342 e. The number of Topliss-reactive ketones (excluding diaryl/α,β-unsaturated/α-hetero) is 1. The third kappa shape index (κ3) is 2.12. The molecule has 5 unspecified atom stereocenters. The minimum atomic E-state index is -2.44. The van der Waals surface area contributed by atoms with E-state index in [9.17, 15) is 29.4 Å². The maximum absolute atomic E-state index is 14.5. The van der Waals surface area contributed by atoms with Gasteiger partial charge in [0.2, 0.25) is 5.79 Å². The Labute approximate surface area is 213 Å². The second kappa shape index (κ2) is 6.33. The molecular formula is C28H30O9. The summed E-state index contributed by atoms with van der Waals surface area (Å²) in [4.78, 5) is 54.3. The van der Waals surface area contributed by atoms with Crippen LogP contribution in [0.3, 0.4) is 0 Å². The van der Waals surface area contributed by atoms with Gasteiger partial charge in [-0.1, -0.05) is 31.2 Å². The number of fused-ring (bicyclic) bond motifs is 9. The molecule has 4 saturated heterocycles. The van der Waals surface area contributed by atoms with E-state index in [0.29, 0.717) is 6.42 Å². The van der Waals surface area contributed by atoms with Crippen molar-refractivity contribution in [2.45, 2.75) is 81.6 Å². The molecule has 37 heavy (non-hydrogen) atoms. The van der Waals surface area contributed by atoms with Crippen molar-refractivity contribution in [1.82, 2.24) is 0 Å². The van der Waals surface area contributed by atoms with Crippen molar-refractivity contribution in [2.75, 3.05) is 0 Å². The maximum atomic E-state index is 14.5. The van der Waals surface area contributed by atoms with Crippen molar-refractivity contribution < 1.29 is 43.6 Å². The average molecular weight is 511 g/mol. The number of allylic oxidation sites excluding steroid dienone is 4. The number of hydrogen-bond acceptors (Lipinski definition) is 9. The summed E-state index contributed by atoms with van der Waals surface area (Å²) in [5, 5.41) is 24.6. The highest BCUT2D eigenvalue weighted by Crippen LogP contribution is 2.73. The monoisotopic (exact) mass is 510 g/mol. The van der Waals surface area contributed by atoms with E-state index in [0.717, 1.165) is 5.57 Å². The van der Waals surface area contributed by atoms with Crippen LogP contribution in [0.1, 0.15) is 52.9 Å². The first-order valence-electron chi connectivity index (χ1n) is 13.0. The Morgan fingerprint density at radius 3 is 2.54 bits per heavy atom. The third-order valence-electron chi connectivity index (χ3n) is 11.3. The molecule has 1 saturated carbocycles. The Hall–Kier alpha value is -2.62. The van der Waals surface area contributed by atoms with Crippen molar-refractivity contribution in [3.8, 4) is 0 Å². The highest BCUT2D eigenvalue weighted by molar-refractivity contribution is 6.02. The van der Waals surface area contributed by atoms with Gasteiger partial charge >= 0.3 is 11.9 Å².